The third-order valence-corrected chi connectivity index (χ3v) is 4.96. The predicted octanol–water partition coefficient (Wildman–Crippen LogP) is 3.53. The highest BCUT2D eigenvalue weighted by Crippen LogP contribution is 2.24. The van der Waals surface area contributed by atoms with E-state index in [4.69, 9.17) is 0 Å². The summed E-state index contributed by atoms with van der Waals surface area (Å²) >= 11 is 0. The number of aryl methyl sites for hydroxylation is 1. The lowest BCUT2D eigenvalue weighted by molar-refractivity contribution is 0.0940. The van der Waals surface area contributed by atoms with Gasteiger partial charge in [-0.25, -0.2) is 4.39 Å². The monoisotopic (exact) mass is 364 g/mol. The van der Waals surface area contributed by atoms with Crippen LogP contribution >= 0.6 is 0 Å². The summed E-state index contributed by atoms with van der Waals surface area (Å²) in [5, 5.41) is 10.5. The molecule has 5 nitrogen and oxygen atoms in total. The van der Waals surface area contributed by atoms with Crippen LogP contribution in [0.3, 0.4) is 0 Å². The van der Waals surface area contributed by atoms with E-state index in [-0.39, 0.29) is 17.8 Å². The molecule has 1 fully saturated rings. The number of hydrogen-bond donors (Lipinski definition) is 2. The Morgan fingerprint density at radius 1 is 1.22 bits per heavy atom. The highest BCUT2D eigenvalue weighted by atomic mass is 19.1. The number of nitrogens with one attached hydrogen (secondary N) is 2. The van der Waals surface area contributed by atoms with E-state index in [1.165, 1.54) is 12.1 Å². The van der Waals surface area contributed by atoms with E-state index in [2.05, 4.69) is 20.4 Å². The first-order valence-electron chi connectivity index (χ1n) is 9.03. The zero-order chi connectivity index (χ0) is 18.8. The molecule has 27 heavy (non-hydrogen) atoms. The van der Waals surface area contributed by atoms with Crippen LogP contribution < -0.4 is 10.2 Å². The molecule has 0 radical (unpaired) electrons. The van der Waals surface area contributed by atoms with Gasteiger partial charge in [0.2, 0.25) is 0 Å². The molecular formula is C21H21FN4O. The number of rotatable bonds is 4. The van der Waals surface area contributed by atoms with Crippen LogP contribution in [0, 0.1) is 12.7 Å². The van der Waals surface area contributed by atoms with Gasteiger partial charge < -0.3 is 10.2 Å². The maximum absolute atomic E-state index is 13.1. The largest absolute Gasteiger partial charge is 0.353 e. The van der Waals surface area contributed by atoms with E-state index in [1.807, 2.05) is 37.3 Å². The molecule has 1 aromatic heterocycles. The second-order valence-electron chi connectivity index (χ2n) is 6.87. The average Bonchev–Trinajstić information content (AvgIpc) is 3.32. The normalized spacial score (nSPS) is 16.5. The van der Waals surface area contributed by atoms with Gasteiger partial charge in [0.25, 0.3) is 5.91 Å². The molecule has 2 aromatic carbocycles. The van der Waals surface area contributed by atoms with Gasteiger partial charge in [0.1, 0.15) is 5.82 Å². The minimum atomic E-state index is -0.259. The second-order valence-corrected chi connectivity index (χ2v) is 6.87. The number of anilines is 1. The number of benzene rings is 2. The standard InChI is InChI=1S/C21H21FN4O/c1-14-4-2-3-5-18(14)21(27)23-17-10-11-26(13-17)20-12-19(24-25-20)15-6-8-16(22)9-7-15/h2-9,12,17H,10-11,13H2,1H3,(H,23,27)(H,24,25). The van der Waals surface area contributed by atoms with Crippen molar-refractivity contribution in [1.82, 2.24) is 15.5 Å². The van der Waals surface area contributed by atoms with E-state index < -0.39 is 0 Å². The molecule has 2 N–H and O–H groups in total. The van der Waals surface area contributed by atoms with Crippen LogP contribution in [-0.2, 0) is 0 Å². The fourth-order valence-electron chi connectivity index (χ4n) is 3.43. The first-order chi connectivity index (χ1) is 13.1. The Morgan fingerprint density at radius 3 is 2.78 bits per heavy atom. The first kappa shape index (κ1) is 17.3. The number of halogens is 1. The van der Waals surface area contributed by atoms with E-state index in [9.17, 15) is 9.18 Å². The van der Waals surface area contributed by atoms with Gasteiger partial charge in [0.15, 0.2) is 5.82 Å². The van der Waals surface area contributed by atoms with Crippen molar-refractivity contribution in [2.45, 2.75) is 19.4 Å². The third-order valence-electron chi connectivity index (χ3n) is 4.96. The van der Waals surface area contributed by atoms with Gasteiger partial charge in [0.05, 0.1) is 5.69 Å². The van der Waals surface area contributed by atoms with Crippen molar-refractivity contribution < 1.29 is 9.18 Å². The molecule has 0 bridgehead atoms. The molecule has 1 saturated heterocycles. The van der Waals surface area contributed by atoms with Gasteiger partial charge >= 0.3 is 0 Å². The second kappa shape index (κ2) is 7.23. The first-order valence-corrected chi connectivity index (χ1v) is 9.03. The molecule has 0 aliphatic carbocycles. The lowest BCUT2D eigenvalue weighted by atomic mass is 10.1. The van der Waals surface area contributed by atoms with Gasteiger partial charge in [-0.1, -0.05) is 18.2 Å². The molecule has 6 heteroatoms. The number of aromatic nitrogens is 2. The van der Waals surface area contributed by atoms with Crippen LogP contribution in [-0.4, -0.2) is 35.2 Å². The number of carbonyl (C=O) groups is 1. The van der Waals surface area contributed by atoms with Gasteiger partial charge in [-0.2, -0.15) is 5.10 Å². The van der Waals surface area contributed by atoms with Crippen molar-refractivity contribution >= 4 is 11.7 Å². The number of aromatic amines is 1. The van der Waals surface area contributed by atoms with Crippen LogP contribution in [0.15, 0.2) is 54.6 Å². The molecule has 1 aliphatic heterocycles. The molecule has 1 atom stereocenters. The topological polar surface area (TPSA) is 61.0 Å². The number of carbonyl (C=O) groups excluding carboxylic acids is 1. The quantitative estimate of drug-likeness (QED) is 0.744. The molecule has 2 heterocycles. The Morgan fingerprint density at radius 2 is 2.00 bits per heavy atom. The zero-order valence-corrected chi connectivity index (χ0v) is 15.1. The fourth-order valence-corrected chi connectivity index (χ4v) is 3.43. The molecule has 1 amide bonds. The van der Waals surface area contributed by atoms with E-state index in [0.717, 1.165) is 35.6 Å². The summed E-state index contributed by atoms with van der Waals surface area (Å²) < 4.78 is 13.1. The van der Waals surface area contributed by atoms with Crippen LogP contribution in [0.1, 0.15) is 22.3 Å². The molecule has 0 spiro atoms. The Balaban J connectivity index is 1.40. The summed E-state index contributed by atoms with van der Waals surface area (Å²) in [5.74, 6) is 0.543. The molecule has 1 aliphatic rings. The summed E-state index contributed by atoms with van der Waals surface area (Å²) in [6, 6.07) is 16.0. The third kappa shape index (κ3) is 3.69. The van der Waals surface area contributed by atoms with Crippen LogP contribution in [0.2, 0.25) is 0 Å². The van der Waals surface area contributed by atoms with Crippen molar-refractivity contribution in [3.05, 3.63) is 71.5 Å². The number of amides is 1. The minimum Gasteiger partial charge on any atom is -0.353 e. The minimum absolute atomic E-state index is 0.0334. The lowest BCUT2D eigenvalue weighted by Gasteiger charge is -2.16. The summed E-state index contributed by atoms with van der Waals surface area (Å²) in [7, 11) is 0. The maximum atomic E-state index is 13.1. The van der Waals surface area contributed by atoms with Gasteiger partial charge in [-0.15, -0.1) is 0 Å². The zero-order valence-electron chi connectivity index (χ0n) is 15.1. The summed E-state index contributed by atoms with van der Waals surface area (Å²) in [4.78, 5) is 14.6. The number of nitrogens with zero attached hydrogens (tertiary/aromatic N) is 2. The van der Waals surface area contributed by atoms with E-state index >= 15 is 0 Å². The van der Waals surface area contributed by atoms with Crippen molar-refractivity contribution in [1.29, 1.82) is 0 Å². The number of hydrogen-bond acceptors (Lipinski definition) is 3. The van der Waals surface area contributed by atoms with Gasteiger partial charge in [-0.05, 0) is 54.8 Å². The molecule has 1 unspecified atom stereocenters. The van der Waals surface area contributed by atoms with Gasteiger partial charge in [-0.3, -0.25) is 9.89 Å². The lowest BCUT2D eigenvalue weighted by Crippen LogP contribution is -2.37. The van der Waals surface area contributed by atoms with Crippen LogP contribution in [0.4, 0.5) is 10.2 Å². The Labute approximate surface area is 157 Å². The Hall–Kier alpha value is -3.15. The van der Waals surface area contributed by atoms with E-state index in [0.29, 0.717) is 12.1 Å². The summed E-state index contributed by atoms with van der Waals surface area (Å²) in [6.45, 7) is 3.48. The van der Waals surface area contributed by atoms with E-state index in [1.54, 1.807) is 12.1 Å². The smallest absolute Gasteiger partial charge is 0.251 e. The Bertz CT molecular complexity index is 951. The fraction of sp³-hybridized carbons (Fsp3) is 0.238. The summed E-state index contributed by atoms with van der Waals surface area (Å²) in [5.41, 5.74) is 3.42. The van der Waals surface area contributed by atoms with Crippen LogP contribution in [0.25, 0.3) is 11.3 Å². The predicted molar refractivity (Wildman–Crippen MR) is 103 cm³/mol. The van der Waals surface area contributed by atoms with Gasteiger partial charge in [0, 0.05) is 30.8 Å². The maximum Gasteiger partial charge on any atom is 0.251 e. The van der Waals surface area contributed by atoms with Crippen molar-refractivity contribution in [3.63, 3.8) is 0 Å². The highest BCUT2D eigenvalue weighted by Gasteiger charge is 2.26. The molecular weight excluding hydrogens is 343 g/mol. The van der Waals surface area contributed by atoms with Crippen molar-refractivity contribution in [2.24, 2.45) is 0 Å². The van der Waals surface area contributed by atoms with Crippen LogP contribution in [0.5, 0.6) is 0 Å². The number of H-pyrrole nitrogens is 1. The Kier molecular flexibility index (Phi) is 4.62. The SMILES string of the molecule is Cc1ccccc1C(=O)NC1CCN(c2cc(-c3ccc(F)cc3)[nH]n2)C1. The summed E-state index contributed by atoms with van der Waals surface area (Å²) in [6.07, 6.45) is 0.871. The molecule has 4 rings (SSSR count). The highest BCUT2D eigenvalue weighted by molar-refractivity contribution is 5.95. The van der Waals surface area contributed by atoms with Crippen molar-refractivity contribution in [3.8, 4) is 11.3 Å². The molecule has 3 aromatic rings. The molecule has 0 saturated carbocycles. The molecule has 138 valence electrons. The average molecular weight is 364 g/mol. The van der Waals surface area contributed by atoms with Crippen molar-refractivity contribution in [2.75, 3.05) is 18.0 Å².